The van der Waals surface area contributed by atoms with Crippen LogP contribution in [-0.2, 0) is 10.0 Å². The molecule has 32 heavy (non-hydrogen) atoms. The fourth-order valence-electron chi connectivity index (χ4n) is 3.24. The maximum absolute atomic E-state index is 12.8. The highest BCUT2D eigenvalue weighted by Crippen LogP contribution is 2.23. The van der Waals surface area contributed by atoms with Crippen LogP contribution in [0, 0.1) is 0 Å². The predicted octanol–water partition coefficient (Wildman–Crippen LogP) is 1.71. The van der Waals surface area contributed by atoms with Gasteiger partial charge in [0.25, 0.3) is 21.8 Å². The van der Waals surface area contributed by atoms with Crippen molar-refractivity contribution in [3.05, 3.63) is 72.2 Å². The Morgan fingerprint density at radius 3 is 2.28 bits per heavy atom. The Labute approximate surface area is 184 Å². The number of sulfonamides is 1. The SMILES string of the molecule is NC(=O)c1ccc(S(=O)(=O)N2CCN(C(=O)c3ccc(Oc4cccnc4)cc3)CC2)o1. The van der Waals surface area contributed by atoms with E-state index in [1.807, 2.05) is 0 Å². The molecule has 0 aliphatic carbocycles. The van der Waals surface area contributed by atoms with E-state index in [4.69, 9.17) is 14.9 Å². The molecular formula is C21H20N4O6S. The number of benzene rings is 1. The van der Waals surface area contributed by atoms with E-state index >= 15 is 0 Å². The first-order valence-electron chi connectivity index (χ1n) is 9.71. The molecule has 3 heterocycles. The topological polar surface area (TPSA) is 136 Å². The Morgan fingerprint density at radius 1 is 0.969 bits per heavy atom. The summed E-state index contributed by atoms with van der Waals surface area (Å²) in [5.41, 5.74) is 5.58. The molecule has 0 atom stereocenters. The van der Waals surface area contributed by atoms with Gasteiger partial charge in [0.05, 0.1) is 6.20 Å². The van der Waals surface area contributed by atoms with Gasteiger partial charge in [-0.2, -0.15) is 4.31 Å². The van der Waals surface area contributed by atoms with Crippen LogP contribution in [0.2, 0.25) is 0 Å². The second kappa shape index (κ2) is 8.81. The molecule has 4 rings (SSSR count). The maximum atomic E-state index is 12.8. The van der Waals surface area contributed by atoms with E-state index < -0.39 is 15.9 Å². The number of furan rings is 1. The van der Waals surface area contributed by atoms with Gasteiger partial charge in [0.15, 0.2) is 5.76 Å². The van der Waals surface area contributed by atoms with Crippen molar-refractivity contribution in [3.63, 3.8) is 0 Å². The second-order valence-corrected chi connectivity index (χ2v) is 8.86. The van der Waals surface area contributed by atoms with Crippen LogP contribution in [0.1, 0.15) is 20.9 Å². The van der Waals surface area contributed by atoms with Crippen LogP contribution in [0.25, 0.3) is 0 Å². The van der Waals surface area contributed by atoms with Gasteiger partial charge in [-0.3, -0.25) is 14.6 Å². The molecule has 0 radical (unpaired) electrons. The van der Waals surface area contributed by atoms with Crippen LogP contribution < -0.4 is 10.5 Å². The molecule has 11 heteroatoms. The largest absolute Gasteiger partial charge is 0.456 e. The summed E-state index contributed by atoms with van der Waals surface area (Å²) in [6.45, 7) is 0.635. The van der Waals surface area contributed by atoms with Gasteiger partial charge in [0.2, 0.25) is 5.09 Å². The number of piperazine rings is 1. The molecule has 1 aliphatic heterocycles. The average Bonchev–Trinajstić information content (AvgIpc) is 3.32. The number of nitrogens with two attached hydrogens (primary N) is 1. The van der Waals surface area contributed by atoms with Gasteiger partial charge < -0.3 is 19.8 Å². The van der Waals surface area contributed by atoms with Crippen LogP contribution in [0.4, 0.5) is 0 Å². The van der Waals surface area contributed by atoms with Crippen LogP contribution >= 0.6 is 0 Å². The molecule has 2 aromatic heterocycles. The third kappa shape index (κ3) is 4.48. The van der Waals surface area contributed by atoms with E-state index in [0.717, 1.165) is 0 Å². The van der Waals surface area contributed by atoms with Gasteiger partial charge in [-0.1, -0.05) is 0 Å². The number of ether oxygens (including phenoxy) is 1. The van der Waals surface area contributed by atoms with Crippen molar-refractivity contribution in [2.75, 3.05) is 26.2 Å². The van der Waals surface area contributed by atoms with E-state index in [2.05, 4.69) is 4.98 Å². The number of aromatic nitrogens is 1. The van der Waals surface area contributed by atoms with Gasteiger partial charge in [-0.15, -0.1) is 0 Å². The smallest absolute Gasteiger partial charge is 0.284 e. The molecule has 10 nitrogen and oxygen atoms in total. The molecular weight excluding hydrogens is 436 g/mol. The van der Waals surface area contributed by atoms with Crippen molar-refractivity contribution in [1.82, 2.24) is 14.2 Å². The first-order chi connectivity index (χ1) is 15.3. The molecule has 2 N–H and O–H groups in total. The lowest BCUT2D eigenvalue weighted by molar-refractivity contribution is 0.0696. The first kappa shape index (κ1) is 21.5. The third-order valence-corrected chi connectivity index (χ3v) is 6.69. The summed E-state index contributed by atoms with van der Waals surface area (Å²) in [6.07, 6.45) is 3.23. The Bertz CT molecular complexity index is 1220. The molecule has 1 aromatic carbocycles. The number of nitrogens with zero attached hydrogens (tertiary/aromatic N) is 3. The number of amides is 2. The molecule has 0 spiro atoms. The summed E-state index contributed by atoms with van der Waals surface area (Å²) in [4.78, 5) is 29.5. The zero-order valence-electron chi connectivity index (χ0n) is 16.9. The normalized spacial score (nSPS) is 14.8. The molecule has 1 saturated heterocycles. The highest BCUT2D eigenvalue weighted by Gasteiger charge is 2.32. The molecule has 0 saturated carbocycles. The standard InChI is InChI=1S/C21H20N4O6S/c22-20(26)18-7-8-19(31-18)32(28,29)25-12-10-24(11-13-25)21(27)15-3-5-16(6-4-15)30-17-2-1-9-23-14-17/h1-9,14H,10-13H2,(H2,22,26). The van der Waals surface area contributed by atoms with Crippen LogP contribution in [-0.4, -0.2) is 60.6 Å². The minimum atomic E-state index is -3.92. The molecule has 1 aliphatic rings. The Hall–Kier alpha value is -3.70. The lowest BCUT2D eigenvalue weighted by Gasteiger charge is -2.33. The van der Waals surface area contributed by atoms with Gasteiger partial charge >= 0.3 is 0 Å². The summed E-state index contributed by atoms with van der Waals surface area (Å²) >= 11 is 0. The monoisotopic (exact) mass is 456 g/mol. The number of pyridine rings is 1. The summed E-state index contributed by atoms with van der Waals surface area (Å²) in [5, 5.41) is -0.352. The quantitative estimate of drug-likeness (QED) is 0.596. The highest BCUT2D eigenvalue weighted by atomic mass is 32.2. The average molecular weight is 456 g/mol. The van der Waals surface area contributed by atoms with E-state index in [-0.39, 0.29) is 42.9 Å². The lowest BCUT2D eigenvalue weighted by atomic mass is 10.2. The minimum Gasteiger partial charge on any atom is -0.456 e. The Balaban J connectivity index is 1.37. The Morgan fingerprint density at radius 2 is 1.69 bits per heavy atom. The van der Waals surface area contributed by atoms with Crippen LogP contribution in [0.3, 0.4) is 0 Å². The van der Waals surface area contributed by atoms with Crippen molar-refractivity contribution in [2.24, 2.45) is 5.73 Å². The van der Waals surface area contributed by atoms with Gasteiger partial charge in [0.1, 0.15) is 11.5 Å². The first-order valence-corrected chi connectivity index (χ1v) is 11.2. The number of carbonyl (C=O) groups excluding carboxylic acids is 2. The van der Waals surface area contributed by atoms with Crippen molar-refractivity contribution in [3.8, 4) is 11.5 Å². The number of primary amides is 1. The predicted molar refractivity (Wildman–Crippen MR) is 113 cm³/mol. The summed E-state index contributed by atoms with van der Waals surface area (Å²) in [6, 6.07) is 12.6. The molecule has 0 bridgehead atoms. The third-order valence-electron chi connectivity index (χ3n) is 4.92. The molecule has 3 aromatic rings. The van der Waals surface area contributed by atoms with E-state index in [0.29, 0.717) is 17.1 Å². The number of hydrogen-bond donors (Lipinski definition) is 1. The number of rotatable bonds is 6. The summed E-state index contributed by atoms with van der Waals surface area (Å²) < 4.78 is 37.4. The van der Waals surface area contributed by atoms with E-state index in [9.17, 15) is 18.0 Å². The van der Waals surface area contributed by atoms with E-state index in [1.165, 1.54) is 16.4 Å². The molecule has 166 valence electrons. The van der Waals surface area contributed by atoms with Crippen molar-refractivity contribution >= 4 is 21.8 Å². The second-order valence-electron chi connectivity index (χ2n) is 6.99. The zero-order valence-corrected chi connectivity index (χ0v) is 17.7. The van der Waals surface area contributed by atoms with Gasteiger partial charge in [0, 0.05) is 37.9 Å². The Kier molecular flexibility index (Phi) is 5.93. The lowest BCUT2D eigenvalue weighted by Crippen LogP contribution is -2.50. The molecule has 2 amide bonds. The van der Waals surface area contributed by atoms with Crippen molar-refractivity contribution < 1.29 is 27.2 Å². The zero-order chi connectivity index (χ0) is 22.7. The maximum Gasteiger partial charge on any atom is 0.284 e. The summed E-state index contributed by atoms with van der Waals surface area (Å²) in [5.74, 6) is -0.126. The van der Waals surface area contributed by atoms with Gasteiger partial charge in [-0.25, -0.2) is 8.42 Å². The van der Waals surface area contributed by atoms with Crippen LogP contribution in [0.5, 0.6) is 11.5 Å². The molecule has 0 unspecified atom stereocenters. The fourth-order valence-corrected chi connectivity index (χ4v) is 4.58. The van der Waals surface area contributed by atoms with Crippen molar-refractivity contribution in [1.29, 1.82) is 0 Å². The van der Waals surface area contributed by atoms with Crippen molar-refractivity contribution in [2.45, 2.75) is 5.09 Å². The van der Waals surface area contributed by atoms with Gasteiger partial charge in [-0.05, 0) is 48.5 Å². The summed E-state index contributed by atoms with van der Waals surface area (Å²) in [7, 11) is -3.92. The van der Waals surface area contributed by atoms with Crippen LogP contribution in [0.15, 0.2) is 70.4 Å². The number of carbonyl (C=O) groups is 2. The number of hydrogen-bond acceptors (Lipinski definition) is 7. The fraction of sp³-hybridized carbons (Fsp3) is 0.190. The van der Waals surface area contributed by atoms with E-state index in [1.54, 1.807) is 53.7 Å². The minimum absolute atomic E-state index is 0.100. The highest BCUT2D eigenvalue weighted by molar-refractivity contribution is 7.89. The molecule has 1 fully saturated rings.